The molecule has 0 bridgehead atoms. The maximum absolute atomic E-state index is 12.3. The van der Waals surface area contributed by atoms with Crippen LogP contribution in [-0.4, -0.2) is 24.6 Å². The van der Waals surface area contributed by atoms with Crippen LogP contribution in [0.5, 0.6) is 0 Å². The number of hydrogen-bond acceptors (Lipinski definition) is 6. The lowest BCUT2D eigenvalue weighted by Crippen LogP contribution is -2.11. The van der Waals surface area contributed by atoms with Gasteiger partial charge in [0, 0.05) is 23.6 Å². The van der Waals surface area contributed by atoms with Gasteiger partial charge in [0.05, 0.1) is 22.8 Å². The number of carbonyl (C=O) groups is 1. The number of aromatic nitrogens is 4. The first kappa shape index (κ1) is 12.8. The molecule has 0 saturated heterocycles. The minimum Gasteiger partial charge on any atom is -0.322 e. The van der Waals surface area contributed by atoms with Gasteiger partial charge in [-0.05, 0) is 36.4 Å². The van der Waals surface area contributed by atoms with Crippen molar-refractivity contribution in [2.45, 2.75) is 0 Å². The van der Waals surface area contributed by atoms with Crippen LogP contribution in [0.1, 0.15) is 10.4 Å². The van der Waals surface area contributed by atoms with E-state index in [-0.39, 0.29) is 5.91 Å². The molecule has 4 aromatic rings. The van der Waals surface area contributed by atoms with Crippen LogP contribution in [0.3, 0.4) is 0 Å². The van der Waals surface area contributed by atoms with E-state index in [4.69, 9.17) is 0 Å². The second-order valence-electron chi connectivity index (χ2n) is 4.68. The molecule has 0 unspecified atom stereocenters. The van der Waals surface area contributed by atoms with Crippen molar-refractivity contribution in [2.24, 2.45) is 0 Å². The number of hydrogen-bond donors (Lipinski definition) is 1. The van der Waals surface area contributed by atoms with E-state index < -0.39 is 0 Å². The number of nitrogens with zero attached hydrogens (tertiary/aromatic N) is 4. The molecular weight excluding hydrogens is 298 g/mol. The largest absolute Gasteiger partial charge is 0.322 e. The van der Waals surface area contributed by atoms with Crippen LogP contribution in [0.15, 0.2) is 48.8 Å². The van der Waals surface area contributed by atoms with Crippen LogP contribution < -0.4 is 5.32 Å². The van der Waals surface area contributed by atoms with Gasteiger partial charge >= 0.3 is 0 Å². The minimum atomic E-state index is -0.196. The second-order valence-corrected chi connectivity index (χ2v) is 5.21. The molecule has 2 aromatic heterocycles. The molecule has 106 valence electrons. The summed E-state index contributed by atoms with van der Waals surface area (Å²) < 4.78 is 8.26. The van der Waals surface area contributed by atoms with E-state index in [1.165, 1.54) is 0 Å². The number of benzene rings is 2. The first-order chi connectivity index (χ1) is 10.8. The van der Waals surface area contributed by atoms with Crippen molar-refractivity contribution in [3.8, 4) is 0 Å². The van der Waals surface area contributed by atoms with E-state index in [0.717, 1.165) is 33.8 Å². The quantitative estimate of drug-likeness (QED) is 0.616. The van der Waals surface area contributed by atoms with E-state index in [0.29, 0.717) is 11.3 Å². The molecule has 22 heavy (non-hydrogen) atoms. The van der Waals surface area contributed by atoms with Crippen molar-refractivity contribution in [1.29, 1.82) is 0 Å². The Morgan fingerprint density at radius 2 is 1.64 bits per heavy atom. The topological polar surface area (TPSA) is 80.7 Å². The zero-order chi connectivity index (χ0) is 14.9. The maximum atomic E-state index is 12.3. The molecule has 0 radical (unpaired) electrons. The molecule has 0 saturated carbocycles. The zero-order valence-electron chi connectivity index (χ0n) is 11.2. The molecule has 0 atom stereocenters. The molecule has 0 aliphatic rings. The molecule has 0 spiro atoms. The normalized spacial score (nSPS) is 10.9. The maximum Gasteiger partial charge on any atom is 0.255 e. The van der Waals surface area contributed by atoms with Gasteiger partial charge < -0.3 is 5.32 Å². The Morgan fingerprint density at radius 3 is 2.55 bits per heavy atom. The lowest BCUT2D eigenvalue weighted by atomic mass is 10.2. The number of rotatable bonds is 2. The van der Waals surface area contributed by atoms with Gasteiger partial charge in [0.15, 0.2) is 0 Å². The van der Waals surface area contributed by atoms with Gasteiger partial charge in [0.2, 0.25) is 0 Å². The Kier molecular flexibility index (Phi) is 2.97. The molecule has 1 amide bonds. The lowest BCUT2D eigenvalue weighted by molar-refractivity contribution is 0.102. The van der Waals surface area contributed by atoms with Gasteiger partial charge in [-0.1, -0.05) is 0 Å². The molecule has 2 heterocycles. The molecule has 0 aliphatic heterocycles. The van der Waals surface area contributed by atoms with Gasteiger partial charge in [-0.15, -0.1) is 0 Å². The van der Waals surface area contributed by atoms with Crippen LogP contribution >= 0.6 is 11.7 Å². The highest BCUT2D eigenvalue weighted by atomic mass is 32.1. The van der Waals surface area contributed by atoms with Crippen LogP contribution in [0, 0.1) is 0 Å². The Labute approximate surface area is 129 Å². The van der Waals surface area contributed by atoms with Crippen molar-refractivity contribution in [3.05, 3.63) is 54.4 Å². The van der Waals surface area contributed by atoms with E-state index in [1.807, 2.05) is 6.07 Å². The van der Waals surface area contributed by atoms with Gasteiger partial charge in [0.1, 0.15) is 11.0 Å². The standard InChI is InChI=1S/C15H9N5OS/c21-15(9-1-3-12-14(7-9)20-22-19-12)18-10-2-4-11-13(8-10)17-6-5-16-11/h1-8H,(H,18,21). The molecule has 1 N–H and O–H groups in total. The zero-order valence-corrected chi connectivity index (χ0v) is 12.0. The summed E-state index contributed by atoms with van der Waals surface area (Å²) in [6.07, 6.45) is 3.26. The molecule has 7 heteroatoms. The highest BCUT2D eigenvalue weighted by Crippen LogP contribution is 2.18. The molecular formula is C15H9N5OS. The first-order valence-corrected chi connectivity index (χ1v) is 7.27. The van der Waals surface area contributed by atoms with Gasteiger partial charge in [-0.3, -0.25) is 14.8 Å². The van der Waals surface area contributed by atoms with Crippen LogP contribution in [0.2, 0.25) is 0 Å². The highest BCUT2D eigenvalue weighted by molar-refractivity contribution is 7.00. The molecule has 0 aliphatic carbocycles. The van der Waals surface area contributed by atoms with Crippen molar-refractivity contribution in [2.75, 3.05) is 5.32 Å². The molecule has 4 rings (SSSR count). The second kappa shape index (κ2) is 5.12. The summed E-state index contributed by atoms with van der Waals surface area (Å²) in [5.41, 5.74) is 4.26. The number of amides is 1. The smallest absolute Gasteiger partial charge is 0.255 e. The van der Waals surface area contributed by atoms with Crippen LogP contribution in [-0.2, 0) is 0 Å². The van der Waals surface area contributed by atoms with E-state index in [2.05, 4.69) is 24.0 Å². The van der Waals surface area contributed by atoms with Crippen molar-refractivity contribution in [3.63, 3.8) is 0 Å². The SMILES string of the molecule is O=C(Nc1ccc2nccnc2c1)c1ccc2nsnc2c1. The van der Waals surface area contributed by atoms with Gasteiger partial charge in [0.25, 0.3) is 5.91 Å². The number of carbonyl (C=O) groups excluding carboxylic acids is 1. The summed E-state index contributed by atoms with van der Waals surface area (Å²) in [5, 5.41) is 2.86. The van der Waals surface area contributed by atoms with E-state index in [1.54, 1.807) is 42.7 Å². The molecule has 0 fully saturated rings. The van der Waals surface area contributed by atoms with Crippen molar-refractivity contribution in [1.82, 2.24) is 18.7 Å². The fraction of sp³-hybridized carbons (Fsp3) is 0. The summed E-state index contributed by atoms with van der Waals surface area (Å²) in [7, 11) is 0. The van der Waals surface area contributed by atoms with Crippen LogP contribution in [0.4, 0.5) is 5.69 Å². The summed E-state index contributed by atoms with van der Waals surface area (Å²) in [6, 6.07) is 10.7. The van der Waals surface area contributed by atoms with Gasteiger partial charge in [-0.25, -0.2) is 0 Å². The third kappa shape index (κ3) is 2.27. The Morgan fingerprint density at radius 1 is 0.864 bits per heavy atom. The third-order valence-electron chi connectivity index (χ3n) is 3.24. The average molecular weight is 307 g/mol. The third-order valence-corrected chi connectivity index (χ3v) is 3.80. The first-order valence-electron chi connectivity index (χ1n) is 6.54. The van der Waals surface area contributed by atoms with E-state index >= 15 is 0 Å². The minimum absolute atomic E-state index is 0.196. The summed E-state index contributed by atoms with van der Waals surface area (Å²) in [5.74, 6) is -0.196. The Bertz CT molecular complexity index is 997. The molecule has 2 aromatic carbocycles. The Hall–Kier alpha value is -2.93. The number of fused-ring (bicyclic) bond motifs is 2. The molecule has 6 nitrogen and oxygen atoms in total. The predicted molar refractivity (Wildman–Crippen MR) is 84.9 cm³/mol. The fourth-order valence-electron chi connectivity index (χ4n) is 2.17. The fourth-order valence-corrected chi connectivity index (χ4v) is 2.69. The van der Waals surface area contributed by atoms with E-state index in [9.17, 15) is 4.79 Å². The summed E-state index contributed by atoms with van der Waals surface area (Å²) in [6.45, 7) is 0. The van der Waals surface area contributed by atoms with Crippen molar-refractivity contribution < 1.29 is 4.79 Å². The van der Waals surface area contributed by atoms with Gasteiger partial charge in [-0.2, -0.15) is 8.75 Å². The number of anilines is 1. The summed E-state index contributed by atoms with van der Waals surface area (Å²) in [4.78, 5) is 20.7. The Balaban J connectivity index is 1.64. The number of nitrogens with one attached hydrogen (secondary N) is 1. The highest BCUT2D eigenvalue weighted by Gasteiger charge is 2.09. The average Bonchev–Trinajstić information content (AvgIpc) is 3.02. The van der Waals surface area contributed by atoms with Crippen LogP contribution in [0.25, 0.3) is 22.1 Å². The summed E-state index contributed by atoms with van der Waals surface area (Å²) >= 11 is 1.13. The van der Waals surface area contributed by atoms with Crippen molar-refractivity contribution >= 4 is 45.4 Å². The predicted octanol–water partition coefficient (Wildman–Crippen LogP) is 2.89. The monoisotopic (exact) mass is 307 g/mol. The lowest BCUT2D eigenvalue weighted by Gasteiger charge is -2.06.